The Bertz CT molecular complexity index is 491. The van der Waals surface area contributed by atoms with E-state index >= 15 is 0 Å². The number of phenolic OH excluding ortho intramolecular Hbond substituents is 1. The molecule has 0 aliphatic rings. The highest BCUT2D eigenvalue weighted by molar-refractivity contribution is 5.92. The second kappa shape index (κ2) is 5.21. The number of hydrogen-bond acceptors (Lipinski definition) is 3. The van der Waals surface area contributed by atoms with Gasteiger partial charge >= 0.3 is 0 Å². The van der Waals surface area contributed by atoms with Gasteiger partial charge < -0.3 is 14.8 Å². The number of rotatable bonds is 4. The summed E-state index contributed by atoms with van der Waals surface area (Å²) < 4.78 is 5.13. The summed E-state index contributed by atoms with van der Waals surface area (Å²) in [5.74, 6) is 0.694. The van der Waals surface area contributed by atoms with Crippen LogP contribution in [-0.2, 0) is 11.2 Å². The number of carbonyl (C=O) groups is 1. The van der Waals surface area contributed by atoms with Crippen LogP contribution in [0.2, 0.25) is 0 Å². The standard InChI is InChI=1S/C13H13NO3/c15-12-6-2-1-5-11(12)14-13(16)8-7-10-4-3-9-17-10/h1-6,9,15H,7-8H2,(H,14,16). The van der Waals surface area contributed by atoms with Crippen molar-refractivity contribution in [1.82, 2.24) is 0 Å². The highest BCUT2D eigenvalue weighted by Crippen LogP contribution is 2.21. The molecule has 1 amide bonds. The molecule has 0 saturated carbocycles. The normalized spacial score (nSPS) is 10.1. The van der Waals surface area contributed by atoms with Crippen molar-refractivity contribution in [1.29, 1.82) is 0 Å². The highest BCUT2D eigenvalue weighted by atomic mass is 16.3. The van der Waals surface area contributed by atoms with E-state index in [4.69, 9.17) is 4.42 Å². The van der Waals surface area contributed by atoms with Gasteiger partial charge in [-0.1, -0.05) is 12.1 Å². The van der Waals surface area contributed by atoms with Gasteiger partial charge in [-0.15, -0.1) is 0 Å². The smallest absolute Gasteiger partial charge is 0.224 e. The van der Waals surface area contributed by atoms with Gasteiger partial charge in [-0.25, -0.2) is 0 Å². The van der Waals surface area contributed by atoms with Crippen molar-refractivity contribution >= 4 is 11.6 Å². The first-order valence-electron chi connectivity index (χ1n) is 5.36. The van der Waals surface area contributed by atoms with Crippen LogP contribution in [0.5, 0.6) is 5.75 Å². The monoisotopic (exact) mass is 231 g/mol. The van der Waals surface area contributed by atoms with Crippen LogP contribution in [-0.4, -0.2) is 11.0 Å². The average molecular weight is 231 g/mol. The fourth-order valence-corrected chi connectivity index (χ4v) is 1.48. The lowest BCUT2D eigenvalue weighted by Crippen LogP contribution is -2.12. The molecule has 2 rings (SSSR count). The molecule has 0 bridgehead atoms. The first-order valence-corrected chi connectivity index (χ1v) is 5.36. The molecule has 0 spiro atoms. The molecule has 17 heavy (non-hydrogen) atoms. The molecular weight excluding hydrogens is 218 g/mol. The van der Waals surface area contributed by atoms with Crippen molar-refractivity contribution in [2.75, 3.05) is 5.32 Å². The van der Waals surface area contributed by atoms with E-state index in [1.54, 1.807) is 30.5 Å². The summed E-state index contributed by atoms with van der Waals surface area (Å²) >= 11 is 0. The number of nitrogens with one attached hydrogen (secondary N) is 1. The average Bonchev–Trinajstić information content (AvgIpc) is 2.82. The molecule has 2 N–H and O–H groups in total. The number of para-hydroxylation sites is 2. The number of amides is 1. The number of phenols is 1. The molecule has 1 heterocycles. The summed E-state index contributed by atoms with van der Waals surface area (Å²) in [5.41, 5.74) is 0.428. The lowest BCUT2D eigenvalue weighted by Gasteiger charge is -2.05. The van der Waals surface area contributed by atoms with E-state index in [-0.39, 0.29) is 11.7 Å². The first-order chi connectivity index (χ1) is 8.25. The highest BCUT2D eigenvalue weighted by Gasteiger charge is 2.06. The number of furan rings is 1. The molecule has 0 fully saturated rings. The Morgan fingerprint density at radius 2 is 2.06 bits per heavy atom. The number of carbonyl (C=O) groups excluding carboxylic acids is 1. The van der Waals surface area contributed by atoms with Crippen molar-refractivity contribution in [3.8, 4) is 5.75 Å². The van der Waals surface area contributed by atoms with E-state index in [2.05, 4.69) is 5.32 Å². The second-order valence-corrected chi connectivity index (χ2v) is 3.64. The minimum Gasteiger partial charge on any atom is -0.506 e. The molecular formula is C13H13NO3. The van der Waals surface area contributed by atoms with E-state index in [0.717, 1.165) is 5.76 Å². The van der Waals surface area contributed by atoms with Gasteiger partial charge in [0.15, 0.2) is 0 Å². The maximum absolute atomic E-state index is 11.6. The van der Waals surface area contributed by atoms with Gasteiger partial charge in [-0.3, -0.25) is 4.79 Å². The molecule has 0 atom stereocenters. The molecule has 88 valence electrons. The number of hydrogen-bond donors (Lipinski definition) is 2. The van der Waals surface area contributed by atoms with Crippen molar-refractivity contribution < 1.29 is 14.3 Å². The van der Waals surface area contributed by atoms with Gasteiger partial charge in [-0.2, -0.15) is 0 Å². The summed E-state index contributed by atoms with van der Waals surface area (Å²) in [6.07, 6.45) is 2.45. The van der Waals surface area contributed by atoms with Crippen LogP contribution in [0.3, 0.4) is 0 Å². The summed E-state index contributed by atoms with van der Waals surface area (Å²) in [7, 11) is 0. The van der Waals surface area contributed by atoms with Gasteiger partial charge in [0.25, 0.3) is 0 Å². The zero-order valence-corrected chi connectivity index (χ0v) is 9.22. The van der Waals surface area contributed by atoms with E-state index in [1.165, 1.54) is 6.07 Å². The fraction of sp³-hybridized carbons (Fsp3) is 0.154. The molecule has 1 aromatic carbocycles. The van der Waals surface area contributed by atoms with E-state index in [9.17, 15) is 9.90 Å². The zero-order chi connectivity index (χ0) is 12.1. The Morgan fingerprint density at radius 3 is 2.76 bits per heavy atom. The van der Waals surface area contributed by atoms with E-state index in [0.29, 0.717) is 18.5 Å². The number of anilines is 1. The summed E-state index contributed by atoms with van der Waals surface area (Å²) in [6, 6.07) is 10.3. The maximum Gasteiger partial charge on any atom is 0.224 e. The summed E-state index contributed by atoms with van der Waals surface area (Å²) in [5, 5.41) is 12.1. The molecule has 4 nitrogen and oxygen atoms in total. The third-order valence-electron chi connectivity index (χ3n) is 2.36. The minimum absolute atomic E-state index is 0.0684. The van der Waals surface area contributed by atoms with Crippen LogP contribution < -0.4 is 5.32 Å². The predicted molar refractivity (Wildman–Crippen MR) is 63.8 cm³/mol. The third-order valence-corrected chi connectivity index (χ3v) is 2.36. The van der Waals surface area contributed by atoms with Crippen LogP contribution >= 0.6 is 0 Å². The topological polar surface area (TPSA) is 62.5 Å². The van der Waals surface area contributed by atoms with Crippen molar-refractivity contribution in [2.24, 2.45) is 0 Å². The molecule has 2 aromatic rings. The minimum atomic E-state index is -0.150. The van der Waals surface area contributed by atoms with E-state index < -0.39 is 0 Å². The second-order valence-electron chi connectivity index (χ2n) is 3.64. The van der Waals surface area contributed by atoms with Gasteiger partial charge in [0.05, 0.1) is 12.0 Å². The van der Waals surface area contributed by atoms with Gasteiger partial charge in [0.1, 0.15) is 11.5 Å². The number of benzene rings is 1. The van der Waals surface area contributed by atoms with Gasteiger partial charge in [0.2, 0.25) is 5.91 Å². The molecule has 4 heteroatoms. The Labute approximate surface area is 98.9 Å². The number of aryl methyl sites for hydroxylation is 1. The largest absolute Gasteiger partial charge is 0.506 e. The van der Waals surface area contributed by atoms with Gasteiger partial charge in [0, 0.05) is 12.8 Å². The zero-order valence-electron chi connectivity index (χ0n) is 9.22. The van der Waals surface area contributed by atoms with Crippen LogP contribution in [0.15, 0.2) is 47.1 Å². The van der Waals surface area contributed by atoms with Gasteiger partial charge in [-0.05, 0) is 24.3 Å². The fourth-order valence-electron chi connectivity index (χ4n) is 1.48. The number of aromatic hydroxyl groups is 1. The maximum atomic E-state index is 11.6. The van der Waals surface area contributed by atoms with Crippen molar-refractivity contribution in [2.45, 2.75) is 12.8 Å². The quantitative estimate of drug-likeness (QED) is 0.795. The molecule has 0 aliphatic heterocycles. The molecule has 0 unspecified atom stereocenters. The first kappa shape index (κ1) is 11.3. The van der Waals surface area contributed by atoms with Crippen LogP contribution in [0.25, 0.3) is 0 Å². The van der Waals surface area contributed by atoms with Crippen LogP contribution in [0.4, 0.5) is 5.69 Å². The Morgan fingerprint density at radius 1 is 1.24 bits per heavy atom. The molecule has 0 radical (unpaired) electrons. The Balaban J connectivity index is 1.87. The van der Waals surface area contributed by atoms with Crippen molar-refractivity contribution in [3.05, 3.63) is 48.4 Å². The lowest BCUT2D eigenvalue weighted by molar-refractivity contribution is -0.116. The lowest BCUT2D eigenvalue weighted by atomic mass is 10.2. The Kier molecular flexibility index (Phi) is 3.45. The molecule has 1 aromatic heterocycles. The SMILES string of the molecule is O=C(CCc1ccco1)Nc1ccccc1O. The molecule has 0 aliphatic carbocycles. The van der Waals surface area contributed by atoms with Crippen molar-refractivity contribution in [3.63, 3.8) is 0 Å². The van der Waals surface area contributed by atoms with Crippen LogP contribution in [0.1, 0.15) is 12.2 Å². The van der Waals surface area contributed by atoms with Crippen LogP contribution in [0, 0.1) is 0 Å². The Hall–Kier alpha value is -2.23. The molecule has 0 saturated heterocycles. The summed E-state index contributed by atoms with van der Waals surface area (Å²) in [6.45, 7) is 0. The summed E-state index contributed by atoms with van der Waals surface area (Å²) in [4.78, 5) is 11.6. The predicted octanol–water partition coefficient (Wildman–Crippen LogP) is 2.56. The van der Waals surface area contributed by atoms with E-state index in [1.807, 2.05) is 6.07 Å². The third kappa shape index (κ3) is 3.11.